The molecule has 3 N–H and O–H groups in total. The minimum absolute atomic E-state index is 0.177. The zero-order valence-electron chi connectivity index (χ0n) is 12.9. The van der Waals surface area contributed by atoms with Crippen molar-refractivity contribution in [3.8, 4) is 0 Å². The molecule has 0 aromatic carbocycles. The van der Waals surface area contributed by atoms with Crippen molar-refractivity contribution in [1.29, 1.82) is 0 Å². The highest BCUT2D eigenvalue weighted by atomic mass is 16.5. The van der Waals surface area contributed by atoms with Gasteiger partial charge >= 0.3 is 5.69 Å². The molecule has 2 aromatic rings. The molecular weight excluding hydrogens is 288 g/mol. The highest BCUT2D eigenvalue weighted by molar-refractivity contribution is 5.91. The third-order valence-electron chi connectivity index (χ3n) is 3.13. The molecule has 0 spiro atoms. The average molecular weight is 306 g/mol. The molecule has 2 rings (SSSR count). The maximum absolute atomic E-state index is 12.0. The lowest BCUT2D eigenvalue weighted by atomic mass is 9.92. The molecule has 0 atom stereocenters. The molecule has 0 fully saturated rings. The highest BCUT2D eigenvalue weighted by Gasteiger charge is 2.20. The van der Waals surface area contributed by atoms with Gasteiger partial charge in [-0.25, -0.2) is 4.79 Å². The van der Waals surface area contributed by atoms with Crippen molar-refractivity contribution in [3.63, 3.8) is 0 Å². The first kappa shape index (κ1) is 15.7. The van der Waals surface area contributed by atoms with Crippen molar-refractivity contribution in [1.82, 2.24) is 15.1 Å². The molecule has 0 radical (unpaired) electrons. The topological polar surface area (TPSA) is 121 Å². The third-order valence-corrected chi connectivity index (χ3v) is 3.13. The molecule has 8 nitrogen and oxygen atoms in total. The van der Waals surface area contributed by atoms with Crippen LogP contribution in [0.15, 0.2) is 20.2 Å². The average Bonchev–Trinajstić information content (AvgIpc) is 2.82. The van der Waals surface area contributed by atoms with Crippen LogP contribution in [0, 0.1) is 6.92 Å². The number of carbonyl (C=O) groups is 1. The second kappa shape index (κ2) is 5.63. The Kier molecular flexibility index (Phi) is 4.03. The van der Waals surface area contributed by atoms with E-state index in [1.807, 2.05) is 20.8 Å². The van der Waals surface area contributed by atoms with Gasteiger partial charge in [0.05, 0.1) is 12.1 Å². The van der Waals surface area contributed by atoms with Gasteiger partial charge in [0.15, 0.2) is 0 Å². The molecule has 8 heteroatoms. The first-order valence-electron chi connectivity index (χ1n) is 6.76. The van der Waals surface area contributed by atoms with E-state index < -0.39 is 17.2 Å². The Hall–Kier alpha value is -2.64. The predicted molar refractivity (Wildman–Crippen MR) is 80.0 cm³/mol. The van der Waals surface area contributed by atoms with Gasteiger partial charge in [-0.3, -0.25) is 19.9 Å². The first-order valence-corrected chi connectivity index (χ1v) is 6.76. The summed E-state index contributed by atoms with van der Waals surface area (Å²) < 4.78 is 5.05. The van der Waals surface area contributed by atoms with Gasteiger partial charge in [-0.2, -0.15) is 0 Å². The number of aromatic nitrogens is 3. The number of H-pyrrole nitrogens is 2. The SMILES string of the molecule is Cc1[nH]c(=O)[nH]c(=O)c1CC(=O)Nc1cc(C(C)(C)C)no1. The number of nitrogens with one attached hydrogen (secondary N) is 3. The van der Waals surface area contributed by atoms with Crippen LogP contribution in [-0.2, 0) is 16.6 Å². The van der Waals surface area contributed by atoms with Crippen LogP contribution in [0.2, 0.25) is 0 Å². The van der Waals surface area contributed by atoms with Crippen LogP contribution in [-0.4, -0.2) is 21.0 Å². The monoisotopic (exact) mass is 306 g/mol. The number of aromatic amines is 2. The summed E-state index contributed by atoms with van der Waals surface area (Å²) in [6, 6.07) is 1.64. The van der Waals surface area contributed by atoms with Crippen molar-refractivity contribution in [3.05, 3.63) is 43.9 Å². The molecule has 1 amide bonds. The minimum Gasteiger partial charge on any atom is -0.338 e. The number of hydrogen-bond acceptors (Lipinski definition) is 5. The molecule has 0 aliphatic heterocycles. The summed E-state index contributed by atoms with van der Waals surface area (Å²) >= 11 is 0. The largest absolute Gasteiger partial charge is 0.338 e. The number of aryl methyl sites for hydroxylation is 1. The van der Waals surface area contributed by atoms with Crippen LogP contribution in [0.3, 0.4) is 0 Å². The fourth-order valence-corrected chi connectivity index (χ4v) is 1.87. The number of rotatable bonds is 3. The van der Waals surface area contributed by atoms with Crippen molar-refractivity contribution >= 4 is 11.8 Å². The Morgan fingerprint density at radius 3 is 2.55 bits per heavy atom. The number of anilines is 1. The molecule has 0 saturated heterocycles. The Bertz CT molecular complexity index is 807. The highest BCUT2D eigenvalue weighted by Crippen LogP contribution is 2.23. The van der Waals surface area contributed by atoms with E-state index in [0.717, 1.165) is 0 Å². The van der Waals surface area contributed by atoms with Crippen LogP contribution in [0.4, 0.5) is 5.88 Å². The molecule has 2 heterocycles. The Morgan fingerprint density at radius 2 is 2.00 bits per heavy atom. The summed E-state index contributed by atoms with van der Waals surface area (Å²) in [5, 5.41) is 6.43. The first-order chi connectivity index (χ1) is 10.2. The van der Waals surface area contributed by atoms with Gasteiger partial charge in [0, 0.05) is 22.7 Å². The molecular formula is C14H18N4O4. The van der Waals surface area contributed by atoms with Crippen molar-refractivity contribution in [2.45, 2.75) is 39.5 Å². The number of carbonyl (C=O) groups excluding carboxylic acids is 1. The molecule has 0 aliphatic rings. The molecule has 118 valence electrons. The van der Waals surface area contributed by atoms with Gasteiger partial charge in [0.1, 0.15) is 0 Å². The number of nitrogens with zero attached hydrogens (tertiary/aromatic N) is 1. The lowest BCUT2D eigenvalue weighted by Gasteiger charge is -2.12. The fourth-order valence-electron chi connectivity index (χ4n) is 1.87. The maximum Gasteiger partial charge on any atom is 0.325 e. The molecule has 2 aromatic heterocycles. The summed E-state index contributed by atoms with van der Waals surface area (Å²) in [4.78, 5) is 39.3. The number of amides is 1. The predicted octanol–water partition coefficient (Wildman–Crippen LogP) is 0.838. The Morgan fingerprint density at radius 1 is 1.32 bits per heavy atom. The summed E-state index contributed by atoms with van der Waals surface area (Å²) in [6.45, 7) is 7.48. The van der Waals surface area contributed by atoms with E-state index in [4.69, 9.17) is 4.52 Å². The second-order valence-electron chi connectivity index (χ2n) is 6.06. The quantitative estimate of drug-likeness (QED) is 0.776. The van der Waals surface area contributed by atoms with Gasteiger partial charge in [-0.1, -0.05) is 25.9 Å². The summed E-state index contributed by atoms with van der Waals surface area (Å²) in [5.74, 6) is -0.217. The van der Waals surface area contributed by atoms with Crippen LogP contribution in [0.5, 0.6) is 0 Å². The van der Waals surface area contributed by atoms with Crippen LogP contribution >= 0.6 is 0 Å². The Labute approximate surface area is 125 Å². The van der Waals surface area contributed by atoms with Crippen molar-refractivity contribution < 1.29 is 9.32 Å². The normalized spacial score (nSPS) is 11.5. The van der Waals surface area contributed by atoms with E-state index in [1.165, 1.54) is 0 Å². The van der Waals surface area contributed by atoms with E-state index >= 15 is 0 Å². The molecule has 0 saturated carbocycles. The molecule has 0 bridgehead atoms. The lowest BCUT2D eigenvalue weighted by Crippen LogP contribution is -2.29. The van der Waals surface area contributed by atoms with E-state index in [0.29, 0.717) is 11.4 Å². The molecule has 22 heavy (non-hydrogen) atoms. The standard InChI is InChI=1S/C14H18N4O4/c1-7-8(12(20)17-13(21)15-7)5-10(19)16-11-6-9(18-22-11)14(2,3)4/h6H,5H2,1-4H3,(H,16,19)(H2,15,17,20,21). The van der Waals surface area contributed by atoms with Gasteiger partial charge in [0.2, 0.25) is 11.8 Å². The zero-order chi connectivity index (χ0) is 16.5. The minimum atomic E-state index is -0.600. The van der Waals surface area contributed by atoms with Crippen molar-refractivity contribution in [2.24, 2.45) is 0 Å². The van der Waals surface area contributed by atoms with Gasteiger partial charge in [-0.15, -0.1) is 0 Å². The van der Waals surface area contributed by atoms with Crippen LogP contribution in [0.1, 0.15) is 37.7 Å². The Balaban J connectivity index is 2.13. The van der Waals surface area contributed by atoms with Crippen molar-refractivity contribution in [2.75, 3.05) is 5.32 Å². The third kappa shape index (κ3) is 3.51. The second-order valence-corrected chi connectivity index (χ2v) is 6.06. The fraction of sp³-hybridized carbons (Fsp3) is 0.429. The lowest BCUT2D eigenvalue weighted by molar-refractivity contribution is -0.115. The van der Waals surface area contributed by atoms with Gasteiger partial charge < -0.3 is 9.51 Å². The zero-order valence-corrected chi connectivity index (χ0v) is 12.9. The van der Waals surface area contributed by atoms with E-state index in [9.17, 15) is 14.4 Å². The summed E-state index contributed by atoms with van der Waals surface area (Å²) in [6.07, 6.45) is -0.177. The number of hydrogen-bond donors (Lipinski definition) is 3. The smallest absolute Gasteiger partial charge is 0.325 e. The summed E-state index contributed by atoms with van der Waals surface area (Å²) in [7, 11) is 0. The molecule has 0 unspecified atom stereocenters. The maximum atomic E-state index is 12.0. The summed E-state index contributed by atoms with van der Waals surface area (Å²) in [5.41, 5.74) is -0.106. The van der Waals surface area contributed by atoms with Gasteiger partial charge in [0.25, 0.3) is 5.56 Å². The molecule has 0 aliphatic carbocycles. The van der Waals surface area contributed by atoms with E-state index in [-0.39, 0.29) is 23.3 Å². The van der Waals surface area contributed by atoms with Crippen LogP contribution in [0.25, 0.3) is 0 Å². The van der Waals surface area contributed by atoms with E-state index in [1.54, 1.807) is 13.0 Å². The van der Waals surface area contributed by atoms with E-state index in [2.05, 4.69) is 20.4 Å². The van der Waals surface area contributed by atoms with Crippen LogP contribution < -0.4 is 16.6 Å². The van der Waals surface area contributed by atoms with Gasteiger partial charge in [-0.05, 0) is 6.92 Å².